The molecule has 0 bridgehead atoms. The standard InChI is InChI=1S/C21H26N4O5/c1-3-29-17-6-4-5-7-18(17)30-14-20(27)25-24-19(26)13-23-21(28)22-12-16-10-8-15(2)9-11-16/h4-11H,3,12-14H2,1-2H3,(H,24,26)(H,25,27)(H2,22,23,28). The Morgan fingerprint density at radius 3 is 2.13 bits per heavy atom. The van der Waals surface area contributed by atoms with Gasteiger partial charge in [0.05, 0.1) is 6.61 Å². The number of hydrogen-bond acceptors (Lipinski definition) is 5. The fourth-order valence-electron chi connectivity index (χ4n) is 2.32. The molecule has 0 unspecified atom stereocenters. The van der Waals surface area contributed by atoms with Crippen LogP contribution in [0.2, 0.25) is 0 Å². The third kappa shape index (κ3) is 8.09. The van der Waals surface area contributed by atoms with Gasteiger partial charge in [-0.25, -0.2) is 4.79 Å². The topological polar surface area (TPSA) is 118 Å². The van der Waals surface area contributed by atoms with Crippen molar-refractivity contribution in [3.8, 4) is 11.5 Å². The van der Waals surface area contributed by atoms with Gasteiger partial charge in [-0.3, -0.25) is 20.4 Å². The van der Waals surface area contributed by atoms with E-state index in [1.807, 2.05) is 38.1 Å². The van der Waals surface area contributed by atoms with Crippen LogP contribution in [0.4, 0.5) is 4.79 Å². The molecule has 0 aliphatic carbocycles. The molecule has 30 heavy (non-hydrogen) atoms. The van der Waals surface area contributed by atoms with Crippen molar-refractivity contribution < 1.29 is 23.9 Å². The summed E-state index contributed by atoms with van der Waals surface area (Å²) in [6.07, 6.45) is 0. The Morgan fingerprint density at radius 1 is 0.833 bits per heavy atom. The Labute approximate surface area is 175 Å². The van der Waals surface area contributed by atoms with Gasteiger partial charge in [-0.1, -0.05) is 42.0 Å². The van der Waals surface area contributed by atoms with Gasteiger partial charge in [-0.2, -0.15) is 0 Å². The summed E-state index contributed by atoms with van der Waals surface area (Å²) in [7, 11) is 0. The summed E-state index contributed by atoms with van der Waals surface area (Å²) < 4.78 is 10.8. The Kier molecular flexibility index (Phi) is 8.98. The smallest absolute Gasteiger partial charge is 0.315 e. The van der Waals surface area contributed by atoms with E-state index < -0.39 is 17.8 Å². The largest absolute Gasteiger partial charge is 0.490 e. The summed E-state index contributed by atoms with van der Waals surface area (Å²) in [5.41, 5.74) is 6.49. The highest BCUT2D eigenvalue weighted by atomic mass is 16.5. The molecule has 0 heterocycles. The Morgan fingerprint density at radius 2 is 1.47 bits per heavy atom. The number of urea groups is 1. The van der Waals surface area contributed by atoms with E-state index in [-0.39, 0.29) is 13.2 Å². The van der Waals surface area contributed by atoms with Gasteiger partial charge < -0.3 is 20.1 Å². The lowest BCUT2D eigenvalue weighted by Gasteiger charge is -2.12. The zero-order valence-electron chi connectivity index (χ0n) is 17.0. The molecule has 0 saturated heterocycles. The molecule has 0 aromatic heterocycles. The van der Waals surface area contributed by atoms with Gasteiger partial charge in [0, 0.05) is 6.54 Å². The first kappa shape index (κ1) is 22.5. The van der Waals surface area contributed by atoms with Gasteiger partial charge in [-0.05, 0) is 31.5 Å². The molecule has 0 saturated carbocycles. The highest BCUT2D eigenvalue weighted by Crippen LogP contribution is 2.26. The van der Waals surface area contributed by atoms with E-state index in [2.05, 4.69) is 21.5 Å². The zero-order chi connectivity index (χ0) is 21.8. The second-order valence-corrected chi connectivity index (χ2v) is 6.29. The molecule has 0 atom stereocenters. The molecule has 2 aromatic rings. The Hall–Kier alpha value is -3.75. The quantitative estimate of drug-likeness (QED) is 0.463. The molecular formula is C21H26N4O5. The predicted octanol–water partition coefficient (Wildman–Crippen LogP) is 1.42. The summed E-state index contributed by atoms with van der Waals surface area (Å²) in [5.74, 6) is -0.188. The van der Waals surface area contributed by atoms with Crippen molar-refractivity contribution in [1.29, 1.82) is 0 Å². The van der Waals surface area contributed by atoms with Crippen molar-refractivity contribution in [3.05, 3.63) is 59.7 Å². The Bertz CT molecular complexity index is 855. The average molecular weight is 414 g/mol. The van der Waals surface area contributed by atoms with Crippen molar-refractivity contribution in [3.63, 3.8) is 0 Å². The van der Waals surface area contributed by atoms with Crippen LogP contribution in [-0.4, -0.2) is 37.6 Å². The minimum Gasteiger partial charge on any atom is -0.490 e. The van der Waals surface area contributed by atoms with E-state index in [0.29, 0.717) is 24.7 Å². The summed E-state index contributed by atoms with van der Waals surface area (Å²) in [5, 5.41) is 5.05. The van der Waals surface area contributed by atoms with Gasteiger partial charge in [0.25, 0.3) is 11.8 Å². The fraction of sp³-hybridized carbons (Fsp3) is 0.286. The van der Waals surface area contributed by atoms with Crippen LogP contribution in [0.25, 0.3) is 0 Å². The summed E-state index contributed by atoms with van der Waals surface area (Å²) in [4.78, 5) is 35.3. The highest BCUT2D eigenvalue weighted by Gasteiger charge is 2.09. The second-order valence-electron chi connectivity index (χ2n) is 6.29. The minimum atomic E-state index is -0.580. The fourth-order valence-corrected chi connectivity index (χ4v) is 2.32. The maximum atomic E-state index is 11.8. The molecule has 0 aliphatic heterocycles. The number of para-hydroxylation sites is 2. The number of rotatable bonds is 9. The molecule has 2 aromatic carbocycles. The van der Waals surface area contributed by atoms with Crippen molar-refractivity contribution in [1.82, 2.24) is 21.5 Å². The molecule has 0 spiro atoms. The molecule has 9 heteroatoms. The van der Waals surface area contributed by atoms with E-state index in [9.17, 15) is 14.4 Å². The van der Waals surface area contributed by atoms with Crippen LogP contribution in [0.5, 0.6) is 11.5 Å². The summed E-state index contributed by atoms with van der Waals surface area (Å²) in [6, 6.07) is 14.2. The molecule has 4 N–H and O–H groups in total. The molecule has 2 rings (SSSR count). The molecule has 0 aliphatic rings. The van der Waals surface area contributed by atoms with Gasteiger partial charge in [0.15, 0.2) is 18.1 Å². The molecule has 0 radical (unpaired) electrons. The van der Waals surface area contributed by atoms with Gasteiger partial charge in [0.2, 0.25) is 0 Å². The first-order valence-electron chi connectivity index (χ1n) is 9.47. The van der Waals surface area contributed by atoms with Crippen LogP contribution in [0, 0.1) is 6.92 Å². The number of hydrazine groups is 1. The molecule has 4 amide bonds. The van der Waals surface area contributed by atoms with E-state index in [0.717, 1.165) is 11.1 Å². The lowest BCUT2D eigenvalue weighted by atomic mass is 10.1. The summed E-state index contributed by atoms with van der Waals surface area (Å²) >= 11 is 0. The van der Waals surface area contributed by atoms with Gasteiger partial charge in [0.1, 0.15) is 6.54 Å². The monoisotopic (exact) mass is 414 g/mol. The number of benzene rings is 2. The lowest BCUT2D eigenvalue weighted by Crippen LogP contribution is -2.49. The van der Waals surface area contributed by atoms with E-state index in [1.165, 1.54) is 0 Å². The van der Waals surface area contributed by atoms with Crippen LogP contribution in [-0.2, 0) is 16.1 Å². The van der Waals surface area contributed by atoms with E-state index in [1.54, 1.807) is 24.3 Å². The third-order valence-corrected chi connectivity index (χ3v) is 3.83. The van der Waals surface area contributed by atoms with Crippen molar-refractivity contribution >= 4 is 17.8 Å². The predicted molar refractivity (Wildman–Crippen MR) is 111 cm³/mol. The van der Waals surface area contributed by atoms with Gasteiger partial charge in [-0.15, -0.1) is 0 Å². The SMILES string of the molecule is CCOc1ccccc1OCC(=O)NNC(=O)CNC(=O)NCc1ccc(C)cc1. The highest BCUT2D eigenvalue weighted by molar-refractivity contribution is 5.86. The van der Waals surface area contributed by atoms with Crippen LogP contribution in [0.3, 0.4) is 0 Å². The zero-order valence-corrected chi connectivity index (χ0v) is 17.0. The number of hydrogen-bond donors (Lipinski definition) is 4. The third-order valence-electron chi connectivity index (χ3n) is 3.83. The lowest BCUT2D eigenvalue weighted by molar-refractivity contribution is -0.129. The van der Waals surface area contributed by atoms with Gasteiger partial charge >= 0.3 is 6.03 Å². The van der Waals surface area contributed by atoms with Crippen LogP contribution < -0.4 is 31.0 Å². The average Bonchev–Trinajstić information content (AvgIpc) is 2.75. The number of carbonyl (C=O) groups is 3. The first-order chi connectivity index (χ1) is 14.5. The van der Waals surface area contributed by atoms with E-state index >= 15 is 0 Å². The number of ether oxygens (including phenoxy) is 2. The van der Waals surface area contributed by atoms with Crippen LogP contribution >= 0.6 is 0 Å². The Balaban J connectivity index is 1.62. The number of amides is 4. The summed E-state index contributed by atoms with van der Waals surface area (Å²) in [6.45, 7) is 4.02. The molecule has 0 fully saturated rings. The normalized spacial score (nSPS) is 9.93. The number of nitrogens with one attached hydrogen (secondary N) is 4. The second kappa shape index (κ2) is 11.9. The van der Waals surface area contributed by atoms with Crippen molar-refractivity contribution in [2.24, 2.45) is 0 Å². The number of carbonyl (C=O) groups excluding carboxylic acids is 3. The maximum absolute atomic E-state index is 11.8. The molecule has 160 valence electrons. The minimum absolute atomic E-state index is 0.298. The van der Waals surface area contributed by atoms with E-state index in [4.69, 9.17) is 9.47 Å². The molecule has 9 nitrogen and oxygen atoms in total. The first-order valence-corrected chi connectivity index (χ1v) is 9.47. The van der Waals surface area contributed by atoms with Crippen LogP contribution in [0.15, 0.2) is 48.5 Å². The number of aryl methyl sites for hydroxylation is 1. The maximum Gasteiger partial charge on any atom is 0.315 e. The van der Waals surface area contributed by atoms with Crippen molar-refractivity contribution in [2.45, 2.75) is 20.4 Å². The molecular weight excluding hydrogens is 388 g/mol. The van der Waals surface area contributed by atoms with Crippen LogP contribution in [0.1, 0.15) is 18.1 Å². The van der Waals surface area contributed by atoms with Crippen molar-refractivity contribution in [2.75, 3.05) is 19.8 Å².